The predicted octanol–water partition coefficient (Wildman–Crippen LogP) is 3.59. The fraction of sp³-hybridized carbons (Fsp3) is 0.600. The van der Waals surface area contributed by atoms with Crippen LogP contribution in [0.4, 0.5) is 0 Å². The zero-order valence-corrected chi connectivity index (χ0v) is 14.8. The molecule has 2 aliphatic heterocycles. The summed E-state index contributed by atoms with van der Waals surface area (Å²) >= 11 is 0. The van der Waals surface area contributed by atoms with E-state index in [9.17, 15) is 0 Å². The highest BCUT2D eigenvalue weighted by Crippen LogP contribution is 2.38. The van der Waals surface area contributed by atoms with E-state index in [1.807, 2.05) is 18.2 Å². The summed E-state index contributed by atoms with van der Waals surface area (Å²) in [5.74, 6) is 1.50. The molecule has 2 saturated heterocycles. The third-order valence-corrected chi connectivity index (χ3v) is 5.20. The second-order valence-corrected chi connectivity index (χ2v) is 6.88. The van der Waals surface area contributed by atoms with Gasteiger partial charge in [0.1, 0.15) is 11.9 Å². The van der Waals surface area contributed by atoms with Crippen molar-refractivity contribution in [2.75, 3.05) is 13.7 Å². The molecule has 1 aromatic carbocycles. The molecule has 6 atom stereocenters. The van der Waals surface area contributed by atoms with Crippen molar-refractivity contribution >= 4 is 0 Å². The van der Waals surface area contributed by atoms with E-state index in [0.29, 0.717) is 18.4 Å². The Bertz CT molecular complexity index is 537. The van der Waals surface area contributed by atoms with Crippen LogP contribution in [-0.2, 0) is 20.8 Å². The molecule has 1 aromatic rings. The Kier molecular flexibility index (Phi) is 5.59. The first-order chi connectivity index (χ1) is 11.6. The van der Waals surface area contributed by atoms with Crippen molar-refractivity contribution in [3.63, 3.8) is 0 Å². The molecule has 0 spiro atoms. The molecule has 2 heterocycles. The SMILES string of the molecule is C=CC[C@H]1O[C@@H]([C@H]2CO2)[C@H](C)[C@@H](OCc2ccc(OC)cc2)[C@H]1C. The van der Waals surface area contributed by atoms with Crippen molar-refractivity contribution in [2.45, 2.75) is 51.3 Å². The second-order valence-electron chi connectivity index (χ2n) is 6.88. The number of ether oxygens (including phenoxy) is 4. The molecule has 0 radical (unpaired) electrons. The number of benzene rings is 1. The van der Waals surface area contributed by atoms with Crippen LogP contribution in [0.3, 0.4) is 0 Å². The summed E-state index contributed by atoms with van der Waals surface area (Å²) in [6.07, 6.45) is 3.43. The van der Waals surface area contributed by atoms with Gasteiger partial charge in [0, 0.05) is 11.8 Å². The molecule has 24 heavy (non-hydrogen) atoms. The molecule has 0 aliphatic carbocycles. The summed E-state index contributed by atoms with van der Waals surface area (Å²) < 4.78 is 23.3. The molecule has 0 amide bonds. The van der Waals surface area contributed by atoms with Gasteiger partial charge in [-0.05, 0) is 24.1 Å². The van der Waals surface area contributed by atoms with Crippen LogP contribution in [0.2, 0.25) is 0 Å². The Labute approximate surface area is 144 Å². The summed E-state index contributed by atoms with van der Waals surface area (Å²) in [6, 6.07) is 8.04. The molecule has 0 bridgehead atoms. The van der Waals surface area contributed by atoms with E-state index < -0.39 is 0 Å². The van der Waals surface area contributed by atoms with Crippen molar-refractivity contribution in [1.29, 1.82) is 0 Å². The number of methoxy groups -OCH3 is 1. The first-order valence-corrected chi connectivity index (χ1v) is 8.76. The van der Waals surface area contributed by atoms with E-state index in [1.165, 1.54) is 0 Å². The van der Waals surface area contributed by atoms with Crippen molar-refractivity contribution in [3.8, 4) is 5.75 Å². The van der Waals surface area contributed by atoms with Gasteiger partial charge in [-0.3, -0.25) is 0 Å². The topological polar surface area (TPSA) is 40.2 Å². The van der Waals surface area contributed by atoms with E-state index >= 15 is 0 Å². The molecule has 4 nitrogen and oxygen atoms in total. The van der Waals surface area contributed by atoms with Crippen molar-refractivity contribution in [2.24, 2.45) is 11.8 Å². The van der Waals surface area contributed by atoms with Gasteiger partial charge in [-0.1, -0.05) is 32.1 Å². The van der Waals surface area contributed by atoms with Gasteiger partial charge in [0.05, 0.1) is 38.6 Å². The number of rotatable bonds is 7. The first kappa shape index (κ1) is 17.5. The molecular formula is C20H28O4. The van der Waals surface area contributed by atoms with Crippen LogP contribution < -0.4 is 4.74 Å². The maximum Gasteiger partial charge on any atom is 0.118 e. The molecule has 0 N–H and O–H groups in total. The highest BCUT2D eigenvalue weighted by molar-refractivity contribution is 5.26. The standard InChI is InChI=1S/C20H28O4/c1-5-6-17-13(2)19(14(3)20(24-17)18-12-22-18)23-11-15-7-9-16(21-4)10-8-15/h5,7-10,13-14,17-20H,1,6,11-12H2,2-4H3/t13-,14+,17+,18+,19-,20+/m0/s1. The Morgan fingerprint density at radius 1 is 1.21 bits per heavy atom. The maximum absolute atomic E-state index is 6.34. The summed E-state index contributed by atoms with van der Waals surface area (Å²) in [6.45, 7) is 9.69. The Balaban J connectivity index is 1.66. The Hall–Kier alpha value is -1.36. The molecular weight excluding hydrogens is 304 g/mol. The van der Waals surface area contributed by atoms with Gasteiger partial charge in [0.25, 0.3) is 0 Å². The summed E-state index contributed by atoms with van der Waals surface area (Å²) in [7, 11) is 1.68. The quantitative estimate of drug-likeness (QED) is 0.565. The van der Waals surface area contributed by atoms with Gasteiger partial charge in [-0.25, -0.2) is 0 Å². The maximum atomic E-state index is 6.34. The lowest BCUT2D eigenvalue weighted by atomic mass is 9.80. The molecule has 2 fully saturated rings. The van der Waals surface area contributed by atoms with Crippen LogP contribution in [0.1, 0.15) is 25.8 Å². The zero-order chi connectivity index (χ0) is 17.1. The molecule has 4 heteroatoms. The summed E-state index contributed by atoms with van der Waals surface area (Å²) in [5, 5.41) is 0. The molecule has 2 aliphatic rings. The van der Waals surface area contributed by atoms with Gasteiger partial charge in [0.2, 0.25) is 0 Å². The molecule has 0 aromatic heterocycles. The van der Waals surface area contributed by atoms with E-state index in [0.717, 1.165) is 24.3 Å². The minimum atomic E-state index is 0.118. The van der Waals surface area contributed by atoms with Gasteiger partial charge in [0.15, 0.2) is 0 Å². The average Bonchev–Trinajstić information content (AvgIpc) is 3.43. The number of hydrogen-bond acceptors (Lipinski definition) is 4. The van der Waals surface area contributed by atoms with Crippen molar-refractivity contribution < 1.29 is 18.9 Å². The predicted molar refractivity (Wildman–Crippen MR) is 93.1 cm³/mol. The average molecular weight is 332 g/mol. The van der Waals surface area contributed by atoms with E-state index in [1.54, 1.807) is 7.11 Å². The minimum Gasteiger partial charge on any atom is -0.497 e. The molecule has 132 valence electrons. The first-order valence-electron chi connectivity index (χ1n) is 8.76. The van der Waals surface area contributed by atoms with Crippen LogP contribution in [0.25, 0.3) is 0 Å². The van der Waals surface area contributed by atoms with Gasteiger partial charge < -0.3 is 18.9 Å². The van der Waals surface area contributed by atoms with Gasteiger partial charge in [-0.15, -0.1) is 6.58 Å². The van der Waals surface area contributed by atoms with E-state index in [2.05, 4.69) is 32.6 Å². The van der Waals surface area contributed by atoms with Gasteiger partial charge in [-0.2, -0.15) is 0 Å². The van der Waals surface area contributed by atoms with Crippen LogP contribution in [0.5, 0.6) is 5.75 Å². The van der Waals surface area contributed by atoms with E-state index in [4.69, 9.17) is 18.9 Å². The third-order valence-electron chi connectivity index (χ3n) is 5.20. The monoisotopic (exact) mass is 332 g/mol. The molecule has 3 rings (SSSR count). The Morgan fingerprint density at radius 2 is 1.92 bits per heavy atom. The number of epoxide rings is 1. The highest BCUT2D eigenvalue weighted by Gasteiger charge is 2.48. The van der Waals surface area contributed by atoms with E-state index in [-0.39, 0.29) is 24.4 Å². The van der Waals surface area contributed by atoms with Gasteiger partial charge >= 0.3 is 0 Å². The molecule has 0 saturated carbocycles. The second kappa shape index (κ2) is 7.68. The van der Waals surface area contributed by atoms with Crippen LogP contribution >= 0.6 is 0 Å². The fourth-order valence-corrected chi connectivity index (χ4v) is 3.65. The smallest absolute Gasteiger partial charge is 0.118 e. The third kappa shape index (κ3) is 3.82. The zero-order valence-electron chi connectivity index (χ0n) is 14.8. The minimum absolute atomic E-state index is 0.118. The highest BCUT2D eigenvalue weighted by atomic mass is 16.6. The molecule has 0 unspecified atom stereocenters. The fourth-order valence-electron chi connectivity index (χ4n) is 3.65. The lowest BCUT2D eigenvalue weighted by Crippen LogP contribution is -2.51. The lowest BCUT2D eigenvalue weighted by Gasteiger charge is -2.44. The van der Waals surface area contributed by atoms with Crippen molar-refractivity contribution in [3.05, 3.63) is 42.5 Å². The van der Waals surface area contributed by atoms with Crippen LogP contribution in [0, 0.1) is 11.8 Å². The van der Waals surface area contributed by atoms with Crippen LogP contribution in [0.15, 0.2) is 36.9 Å². The van der Waals surface area contributed by atoms with Crippen molar-refractivity contribution in [1.82, 2.24) is 0 Å². The Morgan fingerprint density at radius 3 is 2.50 bits per heavy atom. The normalized spacial score (nSPS) is 35.5. The largest absolute Gasteiger partial charge is 0.497 e. The summed E-state index contributed by atoms with van der Waals surface area (Å²) in [4.78, 5) is 0. The summed E-state index contributed by atoms with van der Waals surface area (Å²) in [5.41, 5.74) is 1.15. The number of hydrogen-bond donors (Lipinski definition) is 0. The van der Waals surface area contributed by atoms with Crippen LogP contribution in [-0.4, -0.2) is 38.1 Å². The lowest BCUT2D eigenvalue weighted by molar-refractivity contribution is -0.187.